The molecule has 0 saturated carbocycles. The number of carbonyl (C=O) groups excluding carboxylic acids is 2. The molecule has 0 aromatic heterocycles. The molecule has 0 radical (unpaired) electrons. The lowest BCUT2D eigenvalue weighted by molar-refractivity contribution is -0.137. The minimum absolute atomic E-state index is 0.0855. The molecule has 1 atom stereocenters. The molecule has 2 aromatic rings. The lowest BCUT2D eigenvalue weighted by Gasteiger charge is -2.24. The van der Waals surface area contributed by atoms with Crippen molar-refractivity contribution >= 4 is 17.5 Å². The van der Waals surface area contributed by atoms with E-state index < -0.39 is 23.7 Å². The zero-order chi connectivity index (χ0) is 22.6. The summed E-state index contributed by atoms with van der Waals surface area (Å²) in [5, 5.41) is 2.76. The second kappa shape index (κ2) is 9.41. The van der Waals surface area contributed by atoms with Crippen LogP contribution in [0.2, 0.25) is 0 Å². The summed E-state index contributed by atoms with van der Waals surface area (Å²) in [6.07, 6.45) is -3.07. The number of amides is 2. The van der Waals surface area contributed by atoms with Crippen LogP contribution >= 0.6 is 0 Å². The highest BCUT2D eigenvalue weighted by Crippen LogP contribution is 2.32. The third kappa shape index (κ3) is 5.77. The fourth-order valence-electron chi connectivity index (χ4n) is 3.55. The van der Waals surface area contributed by atoms with Gasteiger partial charge in [-0.15, -0.1) is 0 Å². The molecule has 2 amide bonds. The Hall–Kier alpha value is -3.03. The summed E-state index contributed by atoms with van der Waals surface area (Å²) in [7, 11) is 0. The van der Waals surface area contributed by atoms with Gasteiger partial charge in [-0.1, -0.05) is 26.0 Å². The number of hydrogen-bond acceptors (Lipinski definition) is 3. The number of ether oxygens (including phenoxy) is 1. The third-order valence-electron chi connectivity index (χ3n) is 5.15. The van der Waals surface area contributed by atoms with Crippen molar-refractivity contribution < 1.29 is 27.5 Å². The largest absolute Gasteiger partial charge is 0.484 e. The highest BCUT2D eigenvalue weighted by Gasteiger charge is 2.31. The van der Waals surface area contributed by atoms with Gasteiger partial charge in [-0.2, -0.15) is 13.2 Å². The topological polar surface area (TPSA) is 58.6 Å². The van der Waals surface area contributed by atoms with E-state index >= 15 is 0 Å². The van der Waals surface area contributed by atoms with Gasteiger partial charge in [-0.25, -0.2) is 0 Å². The molecule has 1 saturated heterocycles. The van der Waals surface area contributed by atoms with Gasteiger partial charge in [0.25, 0.3) is 5.91 Å². The first-order chi connectivity index (χ1) is 14.6. The van der Waals surface area contributed by atoms with Crippen molar-refractivity contribution in [1.82, 2.24) is 5.32 Å². The van der Waals surface area contributed by atoms with E-state index in [1.807, 2.05) is 13.8 Å². The van der Waals surface area contributed by atoms with E-state index in [1.165, 1.54) is 6.07 Å². The summed E-state index contributed by atoms with van der Waals surface area (Å²) < 4.78 is 44.6. The maximum absolute atomic E-state index is 13.0. The predicted molar refractivity (Wildman–Crippen MR) is 111 cm³/mol. The number of anilines is 1. The number of rotatable bonds is 7. The van der Waals surface area contributed by atoms with Gasteiger partial charge in [0, 0.05) is 18.7 Å². The number of nitrogens with zero attached hydrogens (tertiary/aromatic N) is 1. The number of nitrogens with one attached hydrogen (secondary N) is 1. The summed E-state index contributed by atoms with van der Waals surface area (Å²) >= 11 is 0. The molecule has 1 unspecified atom stereocenters. The highest BCUT2D eigenvalue weighted by atomic mass is 19.4. The van der Waals surface area contributed by atoms with Crippen LogP contribution in [0.4, 0.5) is 18.9 Å². The Morgan fingerprint density at radius 2 is 1.87 bits per heavy atom. The maximum atomic E-state index is 13.0. The molecular formula is C23H25F3N2O3. The van der Waals surface area contributed by atoms with Crippen LogP contribution in [0.25, 0.3) is 0 Å². The van der Waals surface area contributed by atoms with Crippen molar-refractivity contribution in [3.63, 3.8) is 0 Å². The van der Waals surface area contributed by atoms with Gasteiger partial charge in [0.2, 0.25) is 5.91 Å². The van der Waals surface area contributed by atoms with Crippen molar-refractivity contribution in [1.29, 1.82) is 0 Å². The molecule has 0 bridgehead atoms. The van der Waals surface area contributed by atoms with Crippen LogP contribution in [0.3, 0.4) is 0 Å². The number of carbonyl (C=O) groups is 2. The first-order valence-corrected chi connectivity index (χ1v) is 10.1. The molecule has 31 heavy (non-hydrogen) atoms. The monoisotopic (exact) mass is 434 g/mol. The van der Waals surface area contributed by atoms with Gasteiger partial charge in [0.15, 0.2) is 6.61 Å². The standard InChI is InChI=1S/C23H25F3N2O3/c1-15(2)22(16-5-3-6-17(13-16)23(24,25)26)27-20(29)14-31-19-10-8-18(9-11-19)28-12-4-7-21(28)30/h3,5-6,8-11,13,15,22H,4,7,12,14H2,1-2H3,(H,27,29). The number of benzene rings is 2. The molecule has 166 valence electrons. The summed E-state index contributed by atoms with van der Waals surface area (Å²) in [6.45, 7) is 4.06. The van der Waals surface area contributed by atoms with E-state index in [-0.39, 0.29) is 18.4 Å². The number of alkyl halides is 3. The van der Waals surface area contributed by atoms with Crippen LogP contribution in [0.1, 0.15) is 43.9 Å². The van der Waals surface area contributed by atoms with Crippen molar-refractivity contribution in [3.8, 4) is 5.75 Å². The van der Waals surface area contributed by atoms with Crippen molar-refractivity contribution in [2.45, 2.75) is 38.9 Å². The number of hydrogen-bond donors (Lipinski definition) is 1. The van der Waals surface area contributed by atoms with Crippen molar-refractivity contribution in [2.75, 3.05) is 18.1 Å². The van der Waals surface area contributed by atoms with Crippen molar-refractivity contribution in [3.05, 3.63) is 59.7 Å². The zero-order valence-corrected chi connectivity index (χ0v) is 17.4. The molecule has 1 heterocycles. The Morgan fingerprint density at radius 1 is 1.16 bits per heavy atom. The first kappa shape index (κ1) is 22.7. The van der Waals surface area contributed by atoms with Gasteiger partial charge in [0.1, 0.15) is 5.75 Å². The second-order valence-corrected chi connectivity index (χ2v) is 7.84. The Bertz CT molecular complexity index is 926. The van der Waals surface area contributed by atoms with E-state index in [0.717, 1.165) is 24.2 Å². The quantitative estimate of drug-likeness (QED) is 0.686. The number of halogens is 3. The van der Waals surface area contributed by atoms with E-state index in [2.05, 4.69) is 5.32 Å². The second-order valence-electron chi connectivity index (χ2n) is 7.84. The molecule has 0 aliphatic carbocycles. The minimum atomic E-state index is -4.45. The van der Waals surface area contributed by atoms with E-state index in [1.54, 1.807) is 35.2 Å². The SMILES string of the molecule is CC(C)C(NC(=O)COc1ccc(N2CCCC2=O)cc1)c1cccc(C(F)(F)F)c1. The van der Waals surface area contributed by atoms with Crippen LogP contribution in [0.15, 0.2) is 48.5 Å². The Balaban J connectivity index is 1.60. The van der Waals surface area contributed by atoms with Crippen LogP contribution < -0.4 is 15.0 Å². The minimum Gasteiger partial charge on any atom is -0.484 e. The van der Waals surface area contributed by atoms with Gasteiger partial charge < -0.3 is 15.0 Å². The molecular weight excluding hydrogens is 409 g/mol. The smallest absolute Gasteiger partial charge is 0.416 e. The average Bonchev–Trinajstić information content (AvgIpc) is 3.16. The van der Waals surface area contributed by atoms with Crippen LogP contribution in [-0.4, -0.2) is 25.0 Å². The molecule has 8 heteroatoms. The molecule has 1 N–H and O–H groups in total. The van der Waals surface area contributed by atoms with Gasteiger partial charge in [0.05, 0.1) is 11.6 Å². The van der Waals surface area contributed by atoms with Gasteiger partial charge in [-0.3, -0.25) is 9.59 Å². The lowest BCUT2D eigenvalue weighted by Crippen LogP contribution is -2.35. The molecule has 3 rings (SSSR count). The van der Waals surface area contributed by atoms with Crippen LogP contribution in [-0.2, 0) is 15.8 Å². The maximum Gasteiger partial charge on any atom is 0.416 e. The average molecular weight is 434 g/mol. The fourth-order valence-corrected chi connectivity index (χ4v) is 3.55. The molecule has 1 aliphatic rings. The fraction of sp³-hybridized carbons (Fsp3) is 0.391. The summed E-state index contributed by atoms with van der Waals surface area (Å²) in [5.74, 6) is -0.00676. The Labute approximate surface area is 179 Å². The summed E-state index contributed by atoms with van der Waals surface area (Å²) in [6, 6.07) is 11.3. The molecule has 5 nitrogen and oxygen atoms in total. The third-order valence-corrected chi connectivity index (χ3v) is 5.15. The zero-order valence-electron chi connectivity index (χ0n) is 17.4. The van der Waals surface area contributed by atoms with E-state index in [4.69, 9.17) is 4.74 Å². The molecule has 1 aliphatic heterocycles. The van der Waals surface area contributed by atoms with Crippen LogP contribution in [0, 0.1) is 5.92 Å². The van der Waals surface area contributed by atoms with Gasteiger partial charge in [-0.05, 0) is 54.3 Å². The Kier molecular flexibility index (Phi) is 6.87. The molecule has 2 aromatic carbocycles. The first-order valence-electron chi connectivity index (χ1n) is 10.1. The van der Waals surface area contributed by atoms with E-state index in [9.17, 15) is 22.8 Å². The molecule has 0 spiro atoms. The summed E-state index contributed by atoms with van der Waals surface area (Å²) in [5.41, 5.74) is 0.416. The Morgan fingerprint density at radius 3 is 2.45 bits per heavy atom. The lowest BCUT2D eigenvalue weighted by atomic mass is 9.94. The van der Waals surface area contributed by atoms with Crippen LogP contribution in [0.5, 0.6) is 5.75 Å². The summed E-state index contributed by atoms with van der Waals surface area (Å²) in [4.78, 5) is 25.9. The normalized spacial score (nSPS) is 15.3. The van der Waals surface area contributed by atoms with Crippen molar-refractivity contribution in [2.24, 2.45) is 5.92 Å². The predicted octanol–water partition coefficient (Wildman–Crippen LogP) is 4.72. The van der Waals surface area contributed by atoms with E-state index in [0.29, 0.717) is 24.3 Å². The van der Waals surface area contributed by atoms with Gasteiger partial charge >= 0.3 is 6.18 Å². The molecule has 1 fully saturated rings. The highest BCUT2D eigenvalue weighted by molar-refractivity contribution is 5.95.